The number of aromatic nitrogens is 5. The van der Waals surface area contributed by atoms with Crippen LogP contribution in [0.5, 0.6) is 0 Å². The lowest BCUT2D eigenvalue weighted by molar-refractivity contribution is 0.668. The Morgan fingerprint density at radius 3 is 1.47 bits per heavy atom. The largest absolute Gasteiger partial charge is 0.307 e. The van der Waals surface area contributed by atoms with E-state index in [-0.39, 0.29) is 0 Å². The van der Waals surface area contributed by atoms with Crippen molar-refractivity contribution >= 4 is 43.6 Å². The number of benzene rings is 8. The van der Waals surface area contributed by atoms with Crippen molar-refractivity contribution in [2.45, 2.75) is 5.41 Å². The Hall–Kier alpha value is -7.63. The zero-order chi connectivity index (χ0) is 37.5. The maximum absolute atomic E-state index is 5.72. The minimum Gasteiger partial charge on any atom is -0.307 e. The lowest BCUT2D eigenvalue weighted by Gasteiger charge is -2.35. The topological polar surface area (TPSA) is 48.5 Å². The third-order valence-electron chi connectivity index (χ3n) is 11.8. The van der Waals surface area contributed by atoms with E-state index in [2.05, 4.69) is 191 Å². The van der Waals surface area contributed by atoms with Crippen molar-refractivity contribution in [2.24, 2.45) is 0 Å². The molecule has 4 heterocycles. The summed E-state index contributed by atoms with van der Waals surface area (Å²) in [5.74, 6) is 1.84. The normalized spacial score (nSPS) is 13.1. The van der Waals surface area contributed by atoms with E-state index in [0.717, 1.165) is 71.9 Å². The van der Waals surface area contributed by atoms with E-state index in [4.69, 9.17) is 15.0 Å². The molecule has 12 rings (SSSR count). The van der Waals surface area contributed by atoms with Crippen LogP contribution in [0.2, 0.25) is 0 Å². The van der Waals surface area contributed by atoms with Gasteiger partial charge in [0.1, 0.15) is 5.41 Å². The molecule has 1 aliphatic heterocycles. The fourth-order valence-electron chi connectivity index (χ4n) is 9.34. The fourth-order valence-corrected chi connectivity index (χ4v) is 9.34. The molecule has 0 N–H and O–H groups in total. The predicted molar refractivity (Wildman–Crippen MR) is 231 cm³/mol. The maximum atomic E-state index is 5.72. The Morgan fingerprint density at radius 1 is 0.351 bits per heavy atom. The second-order valence-electron chi connectivity index (χ2n) is 14.8. The monoisotopic (exact) mass is 727 g/mol. The summed E-state index contributed by atoms with van der Waals surface area (Å²) in [6.45, 7) is 0. The first-order valence-corrected chi connectivity index (χ1v) is 19.4. The van der Waals surface area contributed by atoms with Crippen molar-refractivity contribution in [1.82, 2.24) is 24.1 Å². The quantitative estimate of drug-likeness (QED) is 0.181. The van der Waals surface area contributed by atoms with Gasteiger partial charge in [-0.05, 0) is 58.1 Å². The summed E-state index contributed by atoms with van der Waals surface area (Å²) in [5.41, 5.74) is 10.8. The van der Waals surface area contributed by atoms with Gasteiger partial charge in [-0.3, -0.25) is 4.57 Å². The van der Waals surface area contributed by atoms with Crippen LogP contribution in [0.4, 0.5) is 0 Å². The number of hydrogen-bond donors (Lipinski definition) is 0. The average molecular weight is 728 g/mol. The molecule has 4 bridgehead atoms. The molecule has 266 valence electrons. The standard InChI is InChI=1S/C52H33N5/c1-5-17-34(18-6-1)36-31-39-33-40(32-36)56-45-27-15-13-25-41(45)43-29-30-44-42-26-14-16-28-46(42)57(48(44)47(43)56)51-54-49(35-19-7-2-8-20-35)53-50(55-51)52(39,37-21-9-3-10-22-37)38-23-11-4-12-24-38/h1-33H. The lowest BCUT2D eigenvalue weighted by atomic mass is 9.68. The molecule has 0 unspecified atom stereocenters. The van der Waals surface area contributed by atoms with Gasteiger partial charge in [-0.2, -0.15) is 9.97 Å². The van der Waals surface area contributed by atoms with Crippen LogP contribution in [0.1, 0.15) is 22.5 Å². The van der Waals surface area contributed by atoms with Gasteiger partial charge >= 0.3 is 0 Å². The van der Waals surface area contributed by atoms with Crippen molar-refractivity contribution in [3.8, 4) is 34.2 Å². The summed E-state index contributed by atoms with van der Waals surface area (Å²) < 4.78 is 4.76. The van der Waals surface area contributed by atoms with Crippen molar-refractivity contribution < 1.29 is 0 Å². The number of fused-ring (bicyclic) bond motifs is 12. The van der Waals surface area contributed by atoms with E-state index >= 15 is 0 Å². The number of para-hydroxylation sites is 2. The highest BCUT2D eigenvalue weighted by atomic mass is 15.2. The number of nitrogens with zero attached hydrogens (tertiary/aromatic N) is 5. The third-order valence-corrected chi connectivity index (χ3v) is 11.8. The number of rotatable bonds is 4. The molecule has 57 heavy (non-hydrogen) atoms. The SMILES string of the molecule is c1ccc(-c2cc3cc(c2)C(c2ccccc2)(c2ccccc2)c2nc(-c4ccccc4)nc(n2)-n2c4ccccc4c4ccc5c6ccccc6n-3c5c42)cc1. The Morgan fingerprint density at radius 2 is 0.860 bits per heavy atom. The molecule has 0 saturated carbocycles. The van der Waals surface area contributed by atoms with Crippen LogP contribution in [0.25, 0.3) is 77.8 Å². The van der Waals surface area contributed by atoms with Gasteiger partial charge in [0.2, 0.25) is 5.95 Å². The van der Waals surface area contributed by atoms with Crippen molar-refractivity contribution in [3.05, 3.63) is 223 Å². The molecule has 1 aliphatic rings. The van der Waals surface area contributed by atoms with Crippen molar-refractivity contribution in [3.63, 3.8) is 0 Å². The average Bonchev–Trinajstić information content (AvgIpc) is 3.81. The van der Waals surface area contributed by atoms with Gasteiger partial charge in [0.15, 0.2) is 11.6 Å². The van der Waals surface area contributed by atoms with Gasteiger partial charge in [0.05, 0.1) is 22.1 Å². The van der Waals surface area contributed by atoms with E-state index in [9.17, 15) is 0 Å². The van der Waals surface area contributed by atoms with Gasteiger partial charge in [0.25, 0.3) is 0 Å². The Balaban J connectivity index is 1.40. The Bertz CT molecular complexity index is 3100. The van der Waals surface area contributed by atoms with E-state index in [1.54, 1.807) is 0 Å². The van der Waals surface area contributed by atoms with E-state index in [0.29, 0.717) is 17.6 Å². The second kappa shape index (κ2) is 12.2. The highest BCUT2D eigenvalue weighted by molar-refractivity contribution is 6.23. The molecule has 0 atom stereocenters. The molecule has 5 heteroatoms. The van der Waals surface area contributed by atoms with Crippen LogP contribution in [-0.4, -0.2) is 24.1 Å². The van der Waals surface area contributed by atoms with E-state index in [1.165, 1.54) is 10.8 Å². The molecule has 0 aliphatic carbocycles. The molecule has 0 saturated heterocycles. The smallest absolute Gasteiger partial charge is 0.238 e. The maximum Gasteiger partial charge on any atom is 0.238 e. The van der Waals surface area contributed by atoms with Gasteiger partial charge in [0, 0.05) is 32.8 Å². The number of hydrogen-bond acceptors (Lipinski definition) is 3. The zero-order valence-electron chi connectivity index (χ0n) is 30.8. The lowest BCUT2D eigenvalue weighted by Crippen LogP contribution is -2.34. The molecule has 5 nitrogen and oxygen atoms in total. The Kier molecular flexibility index (Phi) is 6.78. The molecule has 11 aromatic rings. The second-order valence-corrected chi connectivity index (χ2v) is 14.8. The van der Waals surface area contributed by atoms with Crippen LogP contribution >= 0.6 is 0 Å². The molecular weight excluding hydrogens is 695 g/mol. The minimum atomic E-state index is -0.968. The minimum absolute atomic E-state index is 0.573. The summed E-state index contributed by atoms with van der Waals surface area (Å²) in [6, 6.07) is 71.6. The molecule has 0 radical (unpaired) electrons. The highest BCUT2D eigenvalue weighted by Crippen LogP contribution is 2.48. The first kappa shape index (κ1) is 31.7. The van der Waals surface area contributed by atoms with E-state index in [1.807, 2.05) is 18.2 Å². The van der Waals surface area contributed by atoms with Crippen LogP contribution in [0.15, 0.2) is 200 Å². The van der Waals surface area contributed by atoms with Crippen LogP contribution in [0.3, 0.4) is 0 Å². The van der Waals surface area contributed by atoms with Crippen molar-refractivity contribution in [1.29, 1.82) is 0 Å². The van der Waals surface area contributed by atoms with E-state index < -0.39 is 5.41 Å². The molecule has 3 aromatic heterocycles. The summed E-state index contributed by atoms with van der Waals surface area (Å²) in [7, 11) is 0. The molecule has 0 fully saturated rings. The predicted octanol–water partition coefficient (Wildman–Crippen LogP) is 12.1. The summed E-state index contributed by atoms with van der Waals surface area (Å²) in [6.07, 6.45) is 0. The summed E-state index contributed by atoms with van der Waals surface area (Å²) in [5, 5.41) is 4.64. The summed E-state index contributed by atoms with van der Waals surface area (Å²) in [4.78, 5) is 16.7. The Labute approximate surface area is 328 Å². The van der Waals surface area contributed by atoms with Crippen LogP contribution in [-0.2, 0) is 5.41 Å². The van der Waals surface area contributed by atoms with Gasteiger partial charge in [-0.25, -0.2) is 4.98 Å². The summed E-state index contributed by atoms with van der Waals surface area (Å²) >= 11 is 0. The molecule has 0 spiro atoms. The van der Waals surface area contributed by atoms with Crippen LogP contribution in [0, 0.1) is 0 Å². The van der Waals surface area contributed by atoms with Gasteiger partial charge in [-0.15, -0.1) is 0 Å². The van der Waals surface area contributed by atoms with Gasteiger partial charge in [-0.1, -0.05) is 170 Å². The molecule has 0 amide bonds. The first-order chi connectivity index (χ1) is 28.3. The highest BCUT2D eigenvalue weighted by Gasteiger charge is 2.43. The fraction of sp³-hybridized carbons (Fsp3) is 0.0192. The first-order valence-electron chi connectivity index (χ1n) is 19.4. The molecular formula is C52H33N5. The van der Waals surface area contributed by atoms with Crippen LogP contribution < -0.4 is 0 Å². The molecule has 8 aromatic carbocycles. The van der Waals surface area contributed by atoms with Gasteiger partial charge < -0.3 is 4.57 Å². The zero-order valence-corrected chi connectivity index (χ0v) is 30.8. The van der Waals surface area contributed by atoms with Crippen molar-refractivity contribution in [2.75, 3.05) is 0 Å². The third kappa shape index (κ3) is 4.54.